The molecule has 2 aromatic heterocycles. The molecule has 1 atom stereocenters. The Morgan fingerprint density at radius 1 is 1.17 bits per heavy atom. The van der Waals surface area contributed by atoms with E-state index in [0.29, 0.717) is 43.1 Å². The van der Waals surface area contributed by atoms with Crippen molar-refractivity contribution >= 4 is 51.3 Å². The molecule has 1 saturated heterocycles. The second-order valence-electron chi connectivity index (χ2n) is 11.5. The summed E-state index contributed by atoms with van der Waals surface area (Å²) in [4.78, 5) is 37.0. The number of esters is 1. The van der Waals surface area contributed by atoms with Gasteiger partial charge in [-0.3, -0.25) is 4.79 Å². The molecule has 0 spiro atoms. The number of carboxylic acid groups (broad SMARTS) is 1. The molecule has 10 nitrogen and oxygen atoms in total. The molecule has 5 rings (SSSR count). The van der Waals surface area contributed by atoms with Gasteiger partial charge < -0.3 is 24.2 Å². The summed E-state index contributed by atoms with van der Waals surface area (Å²) in [6.45, 7) is 9.12. The fourth-order valence-corrected chi connectivity index (χ4v) is 5.59. The lowest BCUT2D eigenvalue weighted by atomic mass is 9.97. The maximum Gasteiger partial charge on any atom is 0.407 e. The maximum absolute atomic E-state index is 12.7. The predicted octanol–water partition coefficient (Wildman–Crippen LogP) is 5.88. The van der Waals surface area contributed by atoms with Crippen LogP contribution in [-0.4, -0.2) is 62.3 Å². The number of aromatic nitrogens is 3. The smallest absolute Gasteiger partial charge is 0.407 e. The average Bonchev–Trinajstić information content (AvgIpc) is 3.29. The number of nitrogens with zero attached hydrogens (tertiary/aromatic N) is 6. The van der Waals surface area contributed by atoms with Gasteiger partial charge in [-0.15, -0.1) is 0 Å². The lowest BCUT2D eigenvalue weighted by Gasteiger charge is -2.39. The van der Waals surface area contributed by atoms with Crippen LogP contribution in [0, 0.1) is 16.7 Å². The SMILES string of the molecule is CCn1cc(Cc2cc(OC(=O)C(C)(C)C)cc3ccccc23)c2nc(Cl)nc(N3CCN(C(=O)O)[C@@H](CC#N)C3)c21. The van der Waals surface area contributed by atoms with E-state index in [1.807, 2.05) is 75.2 Å². The third-order valence-electron chi connectivity index (χ3n) is 7.56. The highest BCUT2D eigenvalue weighted by Crippen LogP contribution is 2.35. The Morgan fingerprint density at radius 2 is 1.93 bits per heavy atom. The number of carbonyl (C=O) groups excluding carboxylic acids is 1. The van der Waals surface area contributed by atoms with Crippen molar-refractivity contribution in [3.63, 3.8) is 0 Å². The summed E-state index contributed by atoms with van der Waals surface area (Å²) in [5.41, 5.74) is 2.76. The first-order valence-corrected chi connectivity index (χ1v) is 14.3. The Bertz CT molecular complexity index is 1720. The molecule has 11 heteroatoms. The zero-order valence-corrected chi connectivity index (χ0v) is 24.9. The number of ether oxygens (including phenoxy) is 1. The lowest BCUT2D eigenvalue weighted by Crippen LogP contribution is -2.55. The summed E-state index contributed by atoms with van der Waals surface area (Å²) in [6.07, 6.45) is 1.58. The number of rotatable bonds is 6. The molecule has 0 bridgehead atoms. The number of piperazine rings is 1. The van der Waals surface area contributed by atoms with Crippen molar-refractivity contribution in [1.29, 1.82) is 5.26 Å². The molecule has 42 heavy (non-hydrogen) atoms. The molecule has 4 aromatic rings. The minimum Gasteiger partial charge on any atom is -0.465 e. The number of halogens is 1. The van der Waals surface area contributed by atoms with Gasteiger partial charge in [0.15, 0.2) is 5.82 Å². The molecule has 1 fully saturated rings. The number of benzene rings is 2. The van der Waals surface area contributed by atoms with E-state index >= 15 is 0 Å². The molecule has 218 valence electrons. The van der Waals surface area contributed by atoms with Crippen molar-refractivity contribution in [2.24, 2.45) is 5.41 Å². The first kappa shape index (κ1) is 29.1. The number of carbonyl (C=O) groups is 2. The van der Waals surface area contributed by atoms with Crippen molar-refractivity contribution < 1.29 is 19.4 Å². The highest BCUT2D eigenvalue weighted by molar-refractivity contribution is 6.28. The maximum atomic E-state index is 12.7. The summed E-state index contributed by atoms with van der Waals surface area (Å²) >= 11 is 6.49. The van der Waals surface area contributed by atoms with Crippen LogP contribution in [-0.2, 0) is 17.8 Å². The Balaban J connectivity index is 1.58. The van der Waals surface area contributed by atoms with Crippen LogP contribution in [0.4, 0.5) is 10.6 Å². The minimum absolute atomic E-state index is 0.0774. The van der Waals surface area contributed by atoms with Gasteiger partial charge in [0.2, 0.25) is 5.28 Å². The molecular formula is C31H33ClN6O4. The van der Waals surface area contributed by atoms with Gasteiger partial charge in [-0.2, -0.15) is 10.2 Å². The number of hydrogen-bond acceptors (Lipinski definition) is 7. The van der Waals surface area contributed by atoms with E-state index in [9.17, 15) is 20.0 Å². The number of hydrogen-bond donors (Lipinski definition) is 1. The fraction of sp³-hybridized carbons (Fsp3) is 0.387. The monoisotopic (exact) mass is 588 g/mol. The van der Waals surface area contributed by atoms with Crippen LogP contribution in [0.1, 0.15) is 45.2 Å². The van der Waals surface area contributed by atoms with Gasteiger partial charge in [0.05, 0.1) is 29.5 Å². The Hall–Kier alpha value is -4.36. The van der Waals surface area contributed by atoms with Crippen molar-refractivity contribution in [2.75, 3.05) is 24.5 Å². The molecule has 1 N–H and O–H groups in total. The predicted molar refractivity (Wildman–Crippen MR) is 161 cm³/mol. The number of amides is 1. The molecule has 3 heterocycles. The first-order chi connectivity index (χ1) is 20.0. The molecule has 1 aliphatic heterocycles. The van der Waals surface area contributed by atoms with Crippen molar-refractivity contribution in [3.8, 4) is 11.8 Å². The molecule has 0 unspecified atom stereocenters. The van der Waals surface area contributed by atoms with E-state index in [1.54, 1.807) is 0 Å². The molecule has 1 aliphatic rings. The summed E-state index contributed by atoms with van der Waals surface area (Å²) in [6, 6.07) is 13.4. The summed E-state index contributed by atoms with van der Waals surface area (Å²) in [5.74, 6) is 0.785. The van der Waals surface area contributed by atoms with E-state index in [-0.39, 0.29) is 24.2 Å². The second kappa shape index (κ2) is 11.5. The number of nitriles is 1. The van der Waals surface area contributed by atoms with Crippen LogP contribution in [0.3, 0.4) is 0 Å². The van der Waals surface area contributed by atoms with Crippen LogP contribution in [0.15, 0.2) is 42.6 Å². The lowest BCUT2D eigenvalue weighted by molar-refractivity contribution is -0.142. The largest absolute Gasteiger partial charge is 0.465 e. The van der Waals surface area contributed by atoms with Gasteiger partial charge in [0.1, 0.15) is 11.3 Å². The van der Waals surface area contributed by atoms with Crippen molar-refractivity contribution in [2.45, 2.75) is 53.1 Å². The topological polar surface area (TPSA) is 125 Å². The van der Waals surface area contributed by atoms with E-state index in [0.717, 1.165) is 27.4 Å². The standard InChI is InChI=1S/C31H33ClN6O4/c1-5-36-17-21(14-20-16-23(42-28(39)31(2,3)4)15-19-8-6-7-9-24(19)20)25-26(36)27(35-29(32)34-25)37-12-13-38(30(40)41)22(18-37)10-11-33/h6-9,15-17,22H,5,10,12-14,18H2,1-4H3,(H,40,41)/t22-/m0/s1. The molecule has 0 saturated carbocycles. The van der Waals surface area contributed by atoms with Crippen molar-refractivity contribution in [1.82, 2.24) is 19.4 Å². The normalized spacial score (nSPS) is 15.7. The molecule has 0 aliphatic carbocycles. The highest BCUT2D eigenvalue weighted by atomic mass is 35.5. The van der Waals surface area contributed by atoms with Gasteiger partial charge in [-0.05, 0) is 67.8 Å². The van der Waals surface area contributed by atoms with Crippen LogP contribution in [0.25, 0.3) is 21.8 Å². The fourth-order valence-electron chi connectivity index (χ4n) is 5.43. The molecule has 2 aromatic carbocycles. The van der Waals surface area contributed by atoms with Gasteiger partial charge >= 0.3 is 12.1 Å². The first-order valence-electron chi connectivity index (χ1n) is 13.9. The van der Waals surface area contributed by atoms with Crippen LogP contribution in [0.2, 0.25) is 5.28 Å². The number of aryl methyl sites for hydroxylation is 1. The van der Waals surface area contributed by atoms with E-state index in [1.165, 1.54) is 4.90 Å². The zero-order chi connectivity index (χ0) is 30.2. The average molecular weight is 589 g/mol. The Morgan fingerprint density at radius 3 is 2.62 bits per heavy atom. The molecule has 1 amide bonds. The van der Waals surface area contributed by atoms with Gasteiger partial charge in [-0.25, -0.2) is 9.78 Å². The summed E-state index contributed by atoms with van der Waals surface area (Å²) in [7, 11) is 0. The van der Waals surface area contributed by atoms with E-state index in [4.69, 9.17) is 16.3 Å². The Kier molecular flexibility index (Phi) is 7.97. The highest BCUT2D eigenvalue weighted by Gasteiger charge is 2.33. The summed E-state index contributed by atoms with van der Waals surface area (Å²) < 4.78 is 7.86. The Labute approximate surface area is 249 Å². The number of fused-ring (bicyclic) bond motifs is 2. The van der Waals surface area contributed by atoms with Crippen LogP contribution in [0.5, 0.6) is 5.75 Å². The minimum atomic E-state index is -1.04. The van der Waals surface area contributed by atoms with E-state index in [2.05, 4.69) is 20.6 Å². The van der Waals surface area contributed by atoms with E-state index < -0.39 is 17.6 Å². The second-order valence-corrected chi connectivity index (χ2v) is 11.8. The van der Waals surface area contributed by atoms with Crippen LogP contribution >= 0.6 is 11.6 Å². The third kappa shape index (κ3) is 5.70. The zero-order valence-electron chi connectivity index (χ0n) is 24.1. The van der Waals surface area contributed by atoms with Gasteiger partial charge in [-0.1, -0.05) is 24.3 Å². The van der Waals surface area contributed by atoms with Crippen LogP contribution < -0.4 is 9.64 Å². The van der Waals surface area contributed by atoms with Gasteiger partial charge in [0, 0.05) is 44.4 Å². The summed E-state index contributed by atoms with van der Waals surface area (Å²) in [5, 5.41) is 21.0. The molecule has 0 radical (unpaired) electrons. The number of anilines is 1. The molecular weight excluding hydrogens is 556 g/mol. The quantitative estimate of drug-likeness (QED) is 0.168. The van der Waals surface area contributed by atoms with Gasteiger partial charge in [0.25, 0.3) is 0 Å². The third-order valence-corrected chi connectivity index (χ3v) is 7.73. The van der Waals surface area contributed by atoms with Crippen molar-refractivity contribution in [3.05, 3.63) is 59.0 Å².